The van der Waals surface area contributed by atoms with Gasteiger partial charge in [-0.25, -0.2) is 0 Å². The molecule has 2 aromatic carbocycles. The second kappa shape index (κ2) is 10.4. The molecule has 6 heteroatoms. The maximum Gasteiger partial charge on any atom is 0.173 e. The lowest BCUT2D eigenvalue weighted by atomic mass is 9.82. The van der Waals surface area contributed by atoms with E-state index in [1.54, 1.807) is 0 Å². The minimum Gasteiger partial charge on any atom is -0.550 e. The molecular formula is C24H28BrN2O2S-. The highest BCUT2D eigenvalue weighted by Gasteiger charge is 2.24. The van der Waals surface area contributed by atoms with Crippen LogP contribution in [0.4, 0.5) is 5.69 Å². The van der Waals surface area contributed by atoms with Crippen LogP contribution in [0.2, 0.25) is 0 Å². The van der Waals surface area contributed by atoms with Gasteiger partial charge in [0.25, 0.3) is 0 Å². The number of carbonyl (C=O) groups is 1. The van der Waals surface area contributed by atoms with Crippen LogP contribution >= 0.6 is 28.1 Å². The number of nitrogens with zero attached hydrogens (tertiary/aromatic N) is 1. The Morgan fingerprint density at radius 1 is 1.13 bits per heavy atom. The predicted molar refractivity (Wildman–Crippen MR) is 127 cm³/mol. The molecule has 0 atom stereocenters. The number of carbonyl (C=O) groups excluding carboxylic acids is 1. The third kappa shape index (κ3) is 6.54. The Balaban J connectivity index is 1.73. The van der Waals surface area contributed by atoms with Gasteiger partial charge in [-0.2, -0.15) is 0 Å². The molecule has 30 heavy (non-hydrogen) atoms. The van der Waals surface area contributed by atoms with Crippen molar-refractivity contribution in [3.63, 3.8) is 0 Å². The van der Waals surface area contributed by atoms with Crippen molar-refractivity contribution in [1.82, 2.24) is 4.90 Å². The van der Waals surface area contributed by atoms with Gasteiger partial charge in [0.05, 0.1) is 0 Å². The first-order valence-corrected chi connectivity index (χ1v) is 11.6. The molecule has 0 bridgehead atoms. The molecule has 0 aromatic heterocycles. The maximum atomic E-state index is 11.2. The molecule has 0 unspecified atom stereocenters. The van der Waals surface area contributed by atoms with E-state index < -0.39 is 5.97 Å². The summed E-state index contributed by atoms with van der Waals surface area (Å²) in [5.74, 6) is -0.793. The Hall–Kier alpha value is -1.92. The average molecular weight is 488 g/mol. The molecule has 0 aliphatic heterocycles. The molecule has 1 fully saturated rings. The van der Waals surface area contributed by atoms with E-state index in [-0.39, 0.29) is 5.92 Å². The number of thiocarbonyl (C=S) groups is 1. The van der Waals surface area contributed by atoms with E-state index in [1.165, 1.54) is 16.7 Å². The van der Waals surface area contributed by atoms with Crippen LogP contribution in [0.1, 0.15) is 42.4 Å². The van der Waals surface area contributed by atoms with Gasteiger partial charge in [0.15, 0.2) is 5.11 Å². The first kappa shape index (κ1) is 22.8. The van der Waals surface area contributed by atoms with Crippen molar-refractivity contribution in [1.29, 1.82) is 0 Å². The minimum absolute atomic E-state index is 0.305. The fourth-order valence-electron chi connectivity index (χ4n) is 4.22. The highest BCUT2D eigenvalue weighted by Crippen LogP contribution is 2.30. The molecule has 0 amide bonds. The van der Waals surface area contributed by atoms with Crippen molar-refractivity contribution < 1.29 is 9.90 Å². The van der Waals surface area contributed by atoms with E-state index in [0.29, 0.717) is 30.4 Å². The number of carboxylic acid groups (broad SMARTS) is 1. The number of halogens is 1. The zero-order valence-corrected chi connectivity index (χ0v) is 19.9. The number of anilines is 1. The van der Waals surface area contributed by atoms with E-state index in [9.17, 15) is 9.90 Å². The van der Waals surface area contributed by atoms with Crippen LogP contribution in [0.5, 0.6) is 0 Å². The fourth-order valence-corrected chi connectivity index (χ4v) is 4.92. The maximum absolute atomic E-state index is 11.2. The summed E-state index contributed by atoms with van der Waals surface area (Å²) in [4.78, 5) is 13.4. The number of carboxylic acids is 1. The van der Waals surface area contributed by atoms with E-state index >= 15 is 0 Å². The summed E-state index contributed by atoms with van der Waals surface area (Å²) in [6.45, 7) is 5.67. The third-order valence-electron chi connectivity index (χ3n) is 5.68. The van der Waals surface area contributed by atoms with Gasteiger partial charge in [-0.3, -0.25) is 0 Å². The Morgan fingerprint density at radius 2 is 1.80 bits per heavy atom. The van der Waals surface area contributed by atoms with Crippen molar-refractivity contribution in [2.45, 2.75) is 46.1 Å². The molecule has 0 spiro atoms. The van der Waals surface area contributed by atoms with Crippen LogP contribution in [0.3, 0.4) is 0 Å². The van der Waals surface area contributed by atoms with Gasteiger partial charge >= 0.3 is 0 Å². The molecule has 1 aliphatic rings. The normalized spacial score (nSPS) is 18.6. The van der Waals surface area contributed by atoms with Gasteiger partial charge in [0.1, 0.15) is 0 Å². The number of benzene rings is 2. The Kier molecular flexibility index (Phi) is 7.89. The monoisotopic (exact) mass is 487 g/mol. The molecule has 0 heterocycles. The zero-order valence-electron chi connectivity index (χ0n) is 17.5. The van der Waals surface area contributed by atoms with E-state index in [2.05, 4.69) is 70.3 Å². The highest BCUT2D eigenvalue weighted by molar-refractivity contribution is 9.10. The Morgan fingerprint density at radius 3 is 2.40 bits per heavy atom. The van der Waals surface area contributed by atoms with Gasteiger partial charge in [0.2, 0.25) is 0 Å². The van der Waals surface area contributed by atoms with Gasteiger partial charge in [0, 0.05) is 29.2 Å². The molecule has 4 nitrogen and oxygen atoms in total. The van der Waals surface area contributed by atoms with Gasteiger partial charge in [-0.15, -0.1) is 0 Å². The fraction of sp³-hybridized carbons (Fsp3) is 0.417. The summed E-state index contributed by atoms with van der Waals surface area (Å²) in [5, 5.41) is 15.3. The largest absolute Gasteiger partial charge is 0.550 e. The van der Waals surface area contributed by atoms with Crippen molar-refractivity contribution >= 4 is 44.9 Å². The molecule has 2 aromatic rings. The first-order valence-electron chi connectivity index (χ1n) is 10.4. The molecule has 1 saturated carbocycles. The summed E-state index contributed by atoms with van der Waals surface area (Å²) in [6.07, 6.45) is 3.16. The van der Waals surface area contributed by atoms with Gasteiger partial charge in [-0.05, 0) is 105 Å². The number of aryl methyl sites for hydroxylation is 2. The lowest BCUT2D eigenvalue weighted by Gasteiger charge is -2.34. The SMILES string of the molecule is Cc1cc(C)cc(NC(=S)N(Cc2cccc(Br)c2)CC2CCC(C(=O)[O-])CC2)c1. The average Bonchev–Trinajstić information content (AvgIpc) is 2.67. The molecule has 0 saturated heterocycles. The molecule has 1 aliphatic carbocycles. The number of rotatable bonds is 6. The second-order valence-corrected chi connectivity index (χ2v) is 9.66. The van der Waals surface area contributed by atoms with Crippen LogP contribution in [0.15, 0.2) is 46.9 Å². The lowest BCUT2D eigenvalue weighted by Crippen LogP contribution is -2.40. The van der Waals surface area contributed by atoms with Crippen LogP contribution in [0.25, 0.3) is 0 Å². The van der Waals surface area contributed by atoms with Crippen molar-refractivity contribution in [2.75, 3.05) is 11.9 Å². The summed E-state index contributed by atoms with van der Waals surface area (Å²) in [5.41, 5.74) is 4.56. The van der Waals surface area contributed by atoms with E-state index in [4.69, 9.17) is 12.2 Å². The van der Waals surface area contributed by atoms with Gasteiger partial charge in [-0.1, -0.05) is 34.1 Å². The predicted octanol–water partition coefficient (Wildman–Crippen LogP) is 4.82. The Bertz CT molecular complexity index is 890. The number of hydrogen-bond acceptors (Lipinski definition) is 3. The third-order valence-corrected chi connectivity index (χ3v) is 6.53. The van der Waals surface area contributed by atoms with Crippen molar-refractivity contribution in [3.05, 3.63) is 63.6 Å². The van der Waals surface area contributed by atoms with Crippen LogP contribution in [-0.2, 0) is 11.3 Å². The van der Waals surface area contributed by atoms with Crippen LogP contribution < -0.4 is 10.4 Å². The smallest absolute Gasteiger partial charge is 0.173 e. The summed E-state index contributed by atoms with van der Waals surface area (Å²) in [7, 11) is 0. The molecule has 160 valence electrons. The van der Waals surface area contributed by atoms with Crippen molar-refractivity contribution in [3.8, 4) is 0 Å². The van der Waals surface area contributed by atoms with Crippen LogP contribution in [-0.4, -0.2) is 22.5 Å². The molecule has 1 N–H and O–H groups in total. The van der Waals surface area contributed by atoms with E-state index in [0.717, 1.165) is 29.5 Å². The van der Waals surface area contributed by atoms with Crippen molar-refractivity contribution in [2.24, 2.45) is 11.8 Å². The Labute approximate surface area is 192 Å². The van der Waals surface area contributed by atoms with Gasteiger partial charge < -0.3 is 20.1 Å². The number of aliphatic carboxylic acids is 1. The number of nitrogens with one attached hydrogen (secondary N) is 1. The zero-order chi connectivity index (χ0) is 21.7. The molecular weight excluding hydrogens is 460 g/mol. The molecule has 3 rings (SSSR count). The van der Waals surface area contributed by atoms with E-state index in [1.807, 2.05) is 12.1 Å². The highest BCUT2D eigenvalue weighted by atomic mass is 79.9. The minimum atomic E-state index is -0.911. The lowest BCUT2D eigenvalue weighted by molar-refractivity contribution is -0.312. The number of hydrogen-bond donors (Lipinski definition) is 1. The summed E-state index contributed by atoms with van der Waals surface area (Å²) < 4.78 is 1.04. The quantitative estimate of drug-likeness (QED) is 0.591. The topological polar surface area (TPSA) is 55.4 Å². The standard InChI is InChI=1S/C24H29BrN2O2S/c1-16-10-17(2)12-22(11-16)26-24(30)27(15-19-4-3-5-21(25)13-19)14-18-6-8-20(9-7-18)23(28)29/h3-5,10-13,18,20H,6-9,14-15H2,1-2H3,(H,26,30)(H,28,29)/p-1. The first-order chi connectivity index (χ1) is 14.3. The summed E-state index contributed by atoms with van der Waals surface area (Å²) >= 11 is 9.36. The summed E-state index contributed by atoms with van der Waals surface area (Å²) in [6, 6.07) is 14.6. The second-order valence-electron chi connectivity index (χ2n) is 8.35. The van der Waals surface area contributed by atoms with Crippen LogP contribution in [0, 0.1) is 25.7 Å². The molecule has 0 radical (unpaired) electrons.